The summed E-state index contributed by atoms with van der Waals surface area (Å²) in [5, 5.41) is 7.92. The second kappa shape index (κ2) is 11.5. The number of fused-ring (bicyclic) bond motifs is 10. The number of hydrogen-bond donors (Lipinski definition) is 0. The summed E-state index contributed by atoms with van der Waals surface area (Å²) in [6.07, 6.45) is 0. The second-order valence-electron chi connectivity index (χ2n) is 14.2. The molecule has 5 heteroatoms. The van der Waals surface area contributed by atoms with Crippen LogP contribution < -0.4 is 0 Å². The molecule has 0 radical (unpaired) electrons. The van der Waals surface area contributed by atoms with Crippen molar-refractivity contribution in [1.82, 2.24) is 19.1 Å². The van der Waals surface area contributed by atoms with Crippen molar-refractivity contribution in [2.45, 2.75) is 0 Å². The molecule has 55 heavy (non-hydrogen) atoms. The SMILES string of the molecule is c1ccc(-c2nc(-n3c4ccc(-c5ccc6c(c5)c5ccccc5n6-c5ccccc5)cc4c4cc5c(cc43)oc3ccccc35)nc3ccccc23)cc1. The molecular formula is C50H30N4O. The van der Waals surface area contributed by atoms with Crippen LogP contribution >= 0.6 is 0 Å². The van der Waals surface area contributed by atoms with Crippen LogP contribution in [0.25, 0.3) is 110 Å². The van der Waals surface area contributed by atoms with Gasteiger partial charge >= 0.3 is 0 Å². The zero-order chi connectivity index (χ0) is 36.0. The first-order valence-corrected chi connectivity index (χ1v) is 18.6. The predicted molar refractivity (Wildman–Crippen MR) is 226 cm³/mol. The van der Waals surface area contributed by atoms with Crippen molar-refractivity contribution < 1.29 is 4.42 Å². The van der Waals surface area contributed by atoms with Crippen LogP contribution in [0.2, 0.25) is 0 Å². The van der Waals surface area contributed by atoms with Gasteiger partial charge in [-0.25, -0.2) is 9.97 Å². The molecule has 0 unspecified atom stereocenters. The molecule has 5 nitrogen and oxygen atoms in total. The first-order valence-electron chi connectivity index (χ1n) is 18.6. The maximum Gasteiger partial charge on any atom is 0.235 e. The molecule has 0 saturated carbocycles. The molecule has 256 valence electrons. The molecule has 0 atom stereocenters. The molecule has 0 amide bonds. The van der Waals surface area contributed by atoms with E-state index in [9.17, 15) is 0 Å². The van der Waals surface area contributed by atoms with E-state index in [1.54, 1.807) is 0 Å². The average Bonchev–Trinajstić information content (AvgIpc) is 3.89. The molecular weight excluding hydrogens is 673 g/mol. The lowest BCUT2D eigenvalue weighted by Gasteiger charge is -2.12. The summed E-state index contributed by atoms with van der Waals surface area (Å²) < 4.78 is 11.0. The number of benzene rings is 8. The Morgan fingerprint density at radius 3 is 1.75 bits per heavy atom. The summed E-state index contributed by atoms with van der Waals surface area (Å²) in [6.45, 7) is 0. The van der Waals surface area contributed by atoms with Crippen molar-refractivity contribution in [2.24, 2.45) is 0 Å². The first-order chi connectivity index (χ1) is 27.3. The van der Waals surface area contributed by atoms with Crippen LogP contribution in [0.15, 0.2) is 186 Å². The van der Waals surface area contributed by atoms with E-state index < -0.39 is 0 Å². The van der Waals surface area contributed by atoms with Crippen LogP contribution in [-0.4, -0.2) is 19.1 Å². The number of rotatable bonds is 4. The molecule has 8 aromatic carbocycles. The van der Waals surface area contributed by atoms with Crippen LogP contribution in [0.4, 0.5) is 0 Å². The fraction of sp³-hybridized carbons (Fsp3) is 0. The van der Waals surface area contributed by atoms with Crippen molar-refractivity contribution in [3.63, 3.8) is 0 Å². The number of para-hydroxylation sites is 4. The van der Waals surface area contributed by atoms with Gasteiger partial charge in [0.2, 0.25) is 5.95 Å². The van der Waals surface area contributed by atoms with E-state index in [0.29, 0.717) is 5.95 Å². The second-order valence-corrected chi connectivity index (χ2v) is 14.2. The van der Waals surface area contributed by atoms with E-state index in [1.165, 1.54) is 21.8 Å². The first kappa shape index (κ1) is 30.0. The Labute approximate surface area is 315 Å². The van der Waals surface area contributed by atoms with Crippen LogP contribution in [0, 0.1) is 0 Å². The molecule has 0 spiro atoms. The van der Waals surface area contributed by atoms with Gasteiger partial charge in [-0.05, 0) is 71.8 Å². The quantitative estimate of drug-likeness (QED) is 0.183. The maximum absolute atomic E-state index is 6.46. The summed E-state index contributed by atoms with van der Waals surface area (Å²) in [4.78, 5) is 10.5. The Kier molecular flexibility index (Phi) is 6.27. The van der Waals surface area contributed by atoms with Gasteiger partial charge in [0, 0.05) is 55.0 Å². The molecule has 4 heterocycles. The zero-order valence-corrected chi connectivity index (χ0v) is 29.5. The number of hydrogen-bond acceptors (Lipinski definition) is 3. The maximum atomic E-state index is 6.46. The summed E-state index contributed by atoms with van der Waals surface area (Å²) in [7, 11) is 0. The van der Waals surface area contributed by atoms with Gasteiger partial charge in [-0.1, -0.05) is 115 Å². The minimum atomic E-state index is 0.621. The molecule has 0 aliphatic carbocycles. The molecule has 0 saturated heterocycles. The van der Waals surface area contributed by atoms with Gasteiger partial charge in [-0.3, -0.25) is 4.57 Å². The van der Waals surface area contributed by atoms with Gasteiger partial charge in [0.05, 0.1) is 33.3 Å². The molecule has 0 fully saturated rings. The highest BCUT2D eigenvalue weighted by atomic mass is 16.3. The Morgan fingerprint density at radius 2 is 0.945 bits per heavy atom. The van der Waals surface area contributed by atoms with E-state index >= 15 is 0 Å². The van der Waals surface area contributed by atoms with Gasteiger partial charge in [0.15, 0.2) is 0 Å². The summed E-state index contributed by atoms with van der Waals surface area (Å²) in [6, 6.07) is 64.3. The molecule has 4 aromatic heterocycles. The Bertz CT molecular complexity index is 3480. The minimum Gasteiger partial charge on any atom is -0.456 e. The zero-order valence-electron chi connectivity index (χ0n) is 29.5. The summed E-state index contributed by atoms with van der Waals surface area (Å²) in [5.74, 6) is 0.621. The van der Waals surface area contributed by atoms with Gasteiger partial charge in [0.1, 0.15) is 11.2 Å². The van der Waals surface area contributed by atoms with Crippen molar-refractivity contribution in [3.8, 4) is 34.0 Å². The van der Waals surface area contributed by atoms with Gasteiger partial charge in [-0.15, -0.1) is 0 Å². The Balaban J connectivity index is 1.13. The van der Waals surface area contributed by atoms with Gasteiger partial charge < -0.3 is 8.98 Å². The van der Waals surface area contributed by atoms with Gasteiger partial charge in [0.25, 0.3) is 0 Å². The number of furan rings is 1. The van der Waals surface area contributed by atoms with Gasteiger partial charge in [-0.2, -0.15) is 0 Å². The van der Waals surface area contributed by atoms with E-state index in [4.69, 9.17) is 14.4 Å². The lowest BCUT2D eigenvalue weighted by Crippen LogP contribution is -2.03. The van der Waals surface area contributed by atoms with Crippen LogP contribution in [0.3, 0.4) is 0 Å². The van der Waals surface area contributed by atoms with E-state index in [-0.39, 0.29) is 0 Å². The standard InChI is InChI=1S/C50H30N4O/c1-3-13-31(14-4-1)49-37-19-7-10-20-42(37)51-50(52-49)54-45-26-24-33(28-39(45)40-29-41-36-18-9-12-22-47(36)55-48(41)30-46(40)54)32-23-25-44-38(27-32)35-17-8-11-21-43(35)53(44)34-15-5-2-6-16-34/h1-30H. The molecule has 12 aromatic rings. The third-order valence-electron chi connectivity index (χ3n) is 11.1. The van der Waals surface area contributed by atoms with Crippen LogP contribution in [-0.2, 0) is 0 Å². The summed E-state index contributed by atoms with van der Waals surface area (Å²) >= 11 is 0. The third kappa shape index (κ3) is 4.47. The van der Waals surface area contributed by atoms with E-state index in [2.05, 4.69) is 167 Å². The lowest BCUT2D eigenvalue weighted by atomic mass is 10.00. The topological polar surface area (TPSA) is 48.8 Å². The largest absolute Gasteiger partial charge is 0.456 e. The normalized spacial score (nSPS) is 12.0. The highest BCUT2D eigenvalue weighted by molar-refractivity contribution is 6.18. The predicted octanol–water partition coefficient (Wildman–Crippen LogP) is 13.1. The monoisotopic (exact) mass is 702 g/mol. The van der Waals surface area contributed by atoms with Crippen molar-refractivity contribution in [1.29, 1.82) is 0 Å². The molecule has 12 rings (SSSR count). The highest BCUT2D eigenvalue weighted by Crippen LogP contribution is 2.41. The van der Waals surface area contributed by atoms with Crippen molar-refractivity contribution >= 4 is 76.5 Å². The molecule has 0 aliphatic heterocycles. The van der Waals surface area contributed by atoms with Crippen molar-refractivity contribution in [3.05, 3.63) is 182 Å². The molecule has 0 N–H and O–H groups in total. The lowest BCUT2D eigenvalue weighted by molar-refractivity contribution is 0.669. The number of nitrogens with zero attached hydrogens (tertiary/aromatic N) is 4. The average molecular weight is 703 g/mol. The smallest absolute Gasteiger partial charge is 0.235 e. The highest BCUT2D eigenvalue weighted by Gasteiger charge is 2.21. The Morgan fingerprint density at radius 1 is 0.345 bits per heavy atom. The fourth-order valence-corrected chi connectivity index (χ4v) is 8.62. The Hall–Kier alpha value is -7.50. The summed E-state index contributed by atoms with van der Waals surface area (Å²) in [5.41, 5.74) is 12.4. The van der Waals surface area contributed by atoms with E-state index in [1.807, 2.05) is 24.3 Å². The van der Waals surface area contributed by atoms with Crippen molar-refractivity contribution in [2.75, 3.05) is 0 Å². The van der Waals surface area contributed by atoms with Crippen LogP contribution in [0.1, 0.15) is 0 Å². The molecule has 0 aliphatic rings. The third-order valence-corrected chi connectivity index (χ3v) is 11.1. The number of aromatic nitrogens is 4. The molecule has 0 bridgehead atoms. The minimum absolute atomic E-state index is 0.621. The van der Waals surface area contributed by atoms with E-state index in [0.717, 1.165) is 82.7 Å². The van der Waals surface area contributed by atoms with Crippen LogP contribution in [0.5, 0.6) is 0 Å². The fourth-order valence-electron chi connectivity index (χ4n) is 8.62.